The van der Waals surface area contributed by atoms with Crippen LogP contribution in [-0.4, -0.2) is 23.2 Å². The van der Waals surface area contributed by atoms with Gasteiger partial charge in [0.1, 0.15) is 0 Å². The predicted octanol–water partition coefficient (Wildman–Crippen LogP) is 2.29. The number of hydrogen-bond donors (Lipinski definition) is 1. The minimum atomic E-state index is -3.13. The summed E-state index contributed by atoms with van der Waals surface area (Å²) in [5.74, 6) is -1.03. The first-order chi connectivity index (χ1) is 7.97. The smallest absolute Gasteiger partial charge is 0.387 e. The highest BCUT2D eigenvalue weighted by atomic mass is 19.3. The van der Waals surface area contributed by atoms with Crippen LogP contribution in [0.3, 0.4) is 0 Å². The van der Waals surface area contributed by atoms with E-state index in [1.54, 1.807) is 6.92 Å². The van der Waals surface area contributed by atoms with Gasteiger partial charge in [-0.15, -0.1) is 0 Å². The number of aliphatic hydroxyl groups is 1. The van der Waals surface area contributed by atoms with Gasteiger partial charge in [0.2, 0.25) is 5.75 Å². The lowest BCUT2D eigenvalue weighted by atomic mass is 10.00. The van der Waals surface area contributed by atoms with Gasteiger partial charge in [-0.2, -0.15) is 8.78 Å². The molecule has 0 aromatic heterocycles. The Morgan fingerprint density at radius 3 is 2.65 bits per heavy atom. The quantitative estimate of drug-likeness (QED) is 0.640. The fourth-order valence-corrected chi connectivity index (χ4v) is 1.42. The van der Waals surface area contributed by atoms with E-state index in [2.05, 4.69) is 4.74 Å². The van der Waals surface area contributed by atoms with E-state index in [9.17, 15) is 18.9 Å². The van der Waals surface area contributed by atoms with Crippen LogP contribution in [0, 0.1) is 10.1 Å². The van der Waals surface area contributed by atoms with Gasteiger partial charge in [0, 0.05) is 18.1 Å². The summed E-state index contributed by atoms with van der Waals surface area (Å²) in [6.45, 7) is -1.90. The molecular formula is C10H11F2NO4. The number of nitro benzene ring substituents is 1. The molecule has 1 atom stereocenters. The van der Waals surface area contributed by atoms with Gasteiger partial charge in [-0.25, -0.2) is 0 Å². The van der Waals surface area contributed by atoms with Crippen molar-refractivity contribution in [2.24, 2.45) is 0 Å². The molecule has 0 saturated heterocycles. The van der Waals surface area contributed by atoms with Crippen LogP contribution >= 0.6 is 0 Å². The van der Waals surface area contributed by atoms with Gasteiger partial charge in [-0.3, -0.25) is 10.1 Å². The highest BCUT2D eigenvalue weighted by Crippen LogP contribution is 2.35. The first kappa shape index (κ1) is 13.3. The Labute approximate surface area is 95.8 Å². The van der Waals surface area contributed by atoms with E-state index >= 15 is 0 Å². The third-order valence-corrected chi connectivity index (χ3v) is 2.23. The Balaban J connectivity index is 3.26. The van der Waals surface area contributed by atoms with Crippen molar-refractivity contribution in [1.82, 2.24) is 0 Å². The van der Waals surface area contributed by atoms with Crippen LogP contribution in [0.2, 0.25) is 0 Å². The molecule has 0 spiro atoms. The van der Waals surface area contributed by atoms with Crippen molar-refractivity contribution in [3.8, 4) is 5.75 Å². The molecule has 1 aromatic rings. The van der Waals surface area contributed by atoms with Crippen LogP contribution < -0.4 is 4.74 Å². The summed E-state index contributed by atoms with van der Waals surface area (Å²) in [4.78, 5) is 10.1. The number of hydrogen-bond acceptors (Lipinski definition) is 4. The molecule has 1 rings (SSSR count). The molecule has 0 aliphatic rings. The molecule has 0 amide bonds. The van der Waals surface area contributed by atoms with Crippen molar-refractivity contribution in [1.29, 1.82) is 0 Å². The van der Waals surface area contributed by atoms with Crippen LogP contribution in [0.15, 0.2) is 18.2 Å². The van der Waals surface area contributed by atoms with E-state index in [1.807, 2.05) is 0 Å². The minimum Gasteiger partial charge on any atom is -0.427 e. The maximum Gasteiger partial charge on any atom is 0.387 e. The summed E-state index contributed by atoms with van der Waals surface area (Å²) in [6, 6.07) is 3.86. The number of aliphatic hydroxyl groups excluding tert-OH is 1. The summed E-state index contributed by atoms with van der Waals surface area (Å²) in [5, 5.41) is 19.8. The number of alkyl halides is 2. The van der Waals surface area contributed by atoms with Gasteiger partial charge in [0.15, 0.2) is 0 Å². The van der Waals surface area contributed by atoms with Crippen molar-refractivity contribution in [3.63, 3.8) is 0 Å². The van der Waals surface area contributed by atoms with Gasteiger partial charge in [-0.05, 0) is 6.07 Å². The number of nitro groups is 1. The summed E-state index contributed by atoms with van der Waals surface area (Å²) < 4.78 is 28.3. The van der Waals surface area contributed by atoms with Crippen LogP contribution in [0.5, 0.6) is 5.75 Å². The largest absolute Gasteiger partial charge is 0.427 e. The van der Waals surface area contributed by atoms with E-state index in [1.165, 1.54) is 12.1 Å². The average molecular weight is 247 g/mol. The zero-order valence-corrected chi connectivity index (χ0v) is 8.97. The molecule has 0 heterocycles. The Morgan fingerprint density at radius 1 is 1.53 bits per heavy atom. The van der Waals surface area contributed by atoms with Crippen molar-refractivity contribution >= 4 is 5.69 Å². The lowest BCUT2D eigenvalue weighted by Crippen LogP contribution is -2.08. The number of rotatable bonds is 5. The third kappa shape index (κ3) is 3.10. The molecule has 0 aliphatic heterocycles. The SMILES string of the molecule is CC(CO)c1cccc(OC(F)F)c1[N+](=O)[O-]. The first-order valence-electron chi connectivity index (χ1n) is 4.80. The number of para-hydroxylation sites is 1. The van der Waals surface area contributed by atoms with Gasteiger partial charge >= 0.3 is 12.3 Å². The molecule has 5 nitrogen and oxygen atoms in total. The van der Waals surface area contributed by atoms with Crippen molar-refractivity contribution in [3.05, 3.63) is 33.9 Å². The number of halogens is 2. The van der Waals surface area contributed by atoms with Gasteiger partial charge in [-0.1, -0.05) is 19.1 Å². The van der Waals surface area contributed by atoms with Gasteiger partial charge in [0.25, 0.3) is 0 Å². The molecule has 0 radical (unpaired) electrons. The molecule has 0 bridgehead atoms. The number of ether oxygens (including phenoxy) is 1. The maximum atomic E-state index is 12.1. The molecule has 17 heavy (non-hydrogen) atoms. The molecule has 1 N–H and O–H groups in total. The molecule has 7 heteroatoms. The molecule has 0 saturated carbocycles. The summed E-state index contributed by atoms with van der Waals surface area (Å²) in [7, 11) is 0. The molecule has 0 aliphatic carbocycles. The van der Waals surface area contributed by atoms with Crippen molar-refractivity contribution in [2.75, 3.05) is 6.61 Å². The van der Waals surface area contributed by atoms with E-state index in [4.69, 9.17) is 5.11 Å². The normalized spacial score (nSPS) is 12.5. The molecule has 0 fully saturated rings. The monoisotopic (exact) mass is 247 g/mol. The Morgan fingerprint density at radius 2 is 2.18 bits per heavy atom. The standard InChI is InChI=1S/C10H11F2NO4/c1-6(5-14)7-3-2-4-8(17-10(11)12)9(7)13(15)16/h2-4,6,10,14H,5H2,1H3. The zero-order valence-electron chi connectivity index (χ0n) is 8.97. The van der Waals surface area contributed by atoms with Crippen molar-refractivity contribution in [2.45, 2.75) is 19.5 Å². The van der Waals surface area contributed by atoms with E-state index in [0.29, 0.717) is 0 Å². The van der Waals surface area contributed by atoms with Crippen LogP contribution in [0.4, 0.5) is 14.5 Å². The molecule has 94 valence electrons. The molecule has 1 aromatic carbocycles. The van der Waals surface area contributed by atoms with Gasteiger partial charge < -0.3 is 9.84 Å². The van der Waals surface area contributed by atoms with E-state index in [-0.39, 0.29) is 12.2 Å². The van der Waals surface area contributed by atoms with Crippen LogP contribution in [0.25, 0.3) is 0 Å². The summed E-state index contributed by atoms with van der Waals surface area (Å²) in [5.41, 5.74) is -0.370. The molecular weight excluding hydrogens is 236 g/mol. The summed E-state index contributed by atoms with van der Waals surface area (Å²) >= 11 is 0. The maximum absolute atomic E-state index is 12.1. The lowest BCUT2D eigenvalue weighted by Gasteiger charge is -2.12. The predicted molar refractivity (Wildman–Crippen MR) is 55.2 cm³/mol. The lowest BCUT2D eigenvalue weighted by molar-refractivity contribution is -0.387. The van der Waals surface area contributed by atoms with E-state index < -0.39 is 28.9 Å². The minimum absolute atomic E-state index is 0.163. The number of nitrogens with zero attached hydrogens (tertiary/aromatic N) is 1. The van der Waals surface area contributed by atoms with Crippen molar-refractivity contribution < 1.29 is 23.5 Å². The second-order valence-electron chi connectivity index (χ2n) is 3.41. The Kier molecular flexibility index (Phi) is 4.33. The first-order valence-corrected chi connectivity index (χ1v) is 4.80. The Bertz CT molecular complexity index is 411. The second kappa shape index (κ2) is 5.53. The average Bonchev–Trinajstić information content (AvgIpc) is 2.26. The van der Waals surface area contributed by atoms with Crippen LogP contribution in [-0.2, 0) is 0 Å². The molecule has 1 unspecified atom stereocenters. The summed E-state index contributed by atoms with van der Waals surface area (Å²) in [6.07, 6.45) is 0. The fourth-order valence-electron chi connectivity index (χ4n) is 1.42. The van der Waals surface area contributed by atoms with Gasteiger partial charge in [0.05, 0.1) is 4.92 Å². The zero-order chi connectivity index (χ0) is 13.0. The van der Waals surface area contributed by atoms with Crippen LogP contribution in [0.1, 0.15) is 18.4 Å². The second-order valence-corrected chi connectivity index (χ2v) is 3.41. The number of benzene rings is 1. The third-order valence-electron chi connectivity index (χ3n) is 2.23. The highest BCUT2D eigenvalue weighted by molar-refractivity contribution is 5.54. The fraction of sp³-hybridized carbons (Fsp3) is 0.400. The Hall–Kier alpha value is -1.76. The topological polar surface area (TPSA) is 72.6 Å². The highest BCUT2D eigenvalue weighted by Gasteiger charge is 2.25. The van der Waals surface area contributed by atoms with E-state index in [0.717, 1.165) is 6.07 Å².